The molecule has 6 heteroatoms. The zero-order chi connectivity index (χ0) is 24.8. The molecule has 35 heavy (non-hydrogen) atoms. The molecular formula is C29H34N2O2SSi. The number of para-hydroxylation sites is 2. The summed E-state index contributed by atoms with van der Waals surface area (Å²) in [6.07, 6.45) is 0. The molecule has 4 nitrogen and oxygen atoms in total. The van der Waals surface area contributed by atoms with Crippen LogP contribution in [0.15, 0.2) is 83.8 Å². The Labute approximate surface area is 213 Å². The smallest absolute Gasteiger partial charge is 0.206 e. The highest BCUT2D eigenvalue weighted by Crippen LogP contribution is 2.30. The van der Waals surface area contributed by atoms with Gasteiger partial charge in [0.15, 0.2) is 5.82 Å². The van der Waals surface area contributed by atoms with Crippen molar-refractivity contribution in [2.24, 2.45) is 0 Å². The molecule has 0 aliphatic heterocycles. The number of aryl methyl sites for hydroxylation is 1. The normalized spacial score (nSPS) is 12.7. The van der Waals surface area contributed by atoms with Gasteiger partial charge in [-0.3, -0.25) is 9.36 Å². The van der Waals surface area contributed by atoms with Gasteiger partial charge < -0.3 is 4.74 Å². The van der Waals surface area contributed by atoms with Crippen molar-refractivity contribution < 1.29 is 9.53 Å². The lowest BCUT2D eigenvalue weighted by Gasteiger charge is -2.18. The van der Waals surface area contributed by atoms with Gasteiger partial charge in [0.1, 0.15) is 6.73 Å². The van der Waals surface area contributed by atoms with Crippen LogP contribution in [0.2, 0.25) is 25.7 Å². The maximum atomic E-state index is 14.1. The van der Waals surface area contributed by atoms with Gasteiger partial charge in [0.25, 0.3) is 0 Å². The molecule has 0 fully saturated rings. The summed E-state index contributed by atoms with van der Waals surface area (Å²) in [5.74, 6) is 0.837. The maximum absolute atomic E-state index is 14.1. The molecule has 1 heterocycles. The van der Waals surface area contributed by atoms with Crippen LogP contribution in [-0.2, 0) is 11.5 Å². The number of thioether (sulfide) groups is 1. The molecule has 1 unspecified atom stereocenters. The lowest BCUT2D eigenvalue weighted by Crippen LogP contribution is -2.23. The molecule has 4 aromatic rings. The van der Waals surface area contributed by atoms with Crippen LogP contribution >= 0.6 is 11.8 Å². The monoisotopic (exact) mass is 502 g/mol. The number of carbonyl (C=O) groups is 1. The van der Waals surface area contributed by atoms with E-state index in [4.69, 9.17) is 9.72 Å². The number of ketones is 1. The van der Waals surface area contributed by atoms with E-state index in [-0.39, 0.29) is 11.7 Å². The van der Waals surface area contributed by atoms with Gasteiger partial charge in [0.05, 0.1) is 17.0 Å². The molecule has 0 saturated heterocycles. The lowest BCUT2D eigenvalue weighted by molar-refractivity contribution is 0.0809. The molecule has 1 aromatic heterocycles. The number of Topliss-reactive ketones (excluding diaryl/α,β-unsaturated/α-hetero) is 1. The van der Waals surface area contributed by atoms with Crippen LogP contribution in [-0.4, -0.2) is 35.8 Å². The molecule has 182 valence electrons. The molecule has 0 spiro atoms. The molecule has 4 rings (SSSR count). The Morgan fingerprint density at radius 3 is 2.37 bits per heavy atom. The molecule has 0 aliphatic rings. The number of benzene rings is 3. The van der Waals surface area contributed by atoms with Gasteiger partial charge in [0.2, 0.25) is 5.78 Å². The fourth-order valence-corrected chi connectivity index (χ4v) is 5.70. The molecule has 0 N–H and O–H groups in total. The van der Waals surface area contributed by atoms with Crippen molar-refractivity contribution in [1.82, 2.24) is 9.55 Å². The van der Waals surface area contributed by atoms with Crippen LogP contribution in [0.1, 0.15) is 27.7 Å². The molecule has 1 atom stereocenters. The molecule has 0 radical (unpaired) electrons. The second-order valence-corrected chi connectivity index (χ2v) is 16.9. The largest absolute Gasteiger partial charge is 0.361 e. The minimum atomic E-state index is -1.20. The second kappa shape index (κ2) is 11.4. The Hall–Kier alpha value is -2.67. The summed E-state index contributed by atoms with van der Waals surface area (Å²) in [4.78, 5) is 20.0. The minimum Gasteiger partial charge on any atom is -0.361 e. The van der Waals surface area contributed by atoms with E-state index in [1.165, 1.54) is 5.56 Å². The SMILES string of the molecule is Cc1ccc(SCC(C(=O)c2nc3ccccc3n2COCC[Si](C)(C)C)c2ccccc2)cc1. The van der Waals surface area contributed by atoms with E-state index in [0.717, 1.165) is 27.5 Å². The zero-order valence-electron chi connectivity index (χ0n) is 21.0. The Bertz CT molecular complexity index is 1260. The topological polar surface area (TPSA) is 44.1 Å². The van der Waals surface area contributed by atoms with Crippen LogP contribution in [0.25, 0.3) is 11.0 Å². The van der Waals surface area contributed by atoms with Crippen molar-refractivity contribution in [3.05, 3.63) is 95.8 Å². The zero-order valence-corrected chi connectivity index (χ0v) is 22.8. The van der Waals surface area contributed by atoms with Crippen molar-refractivity contribution in [1.29, 1.82) is 0 Å². The third-order valence-corrected chi connectivity index (χ3v) is 8.86. The Kier molecular flexibility index (Phi) is 8.26. The number of carbonyl (C=O) groups excluding carboxylic acids is 1. The molecular weight excluding hydrogens is 468 g/mol. The third kappa shape index (κ3) is 6.72. The number of rotatable bonds is 11. The fourth-order valence-electron chi connectivity index (χ4n) is 3.91. The summed E-state index contributed by atoms with van der Waals surface area (Å²) in [6.45, 7) is 10.1. The first-order valence-electron chi connectivity index (χ1n) is 12.1. The standard InChI is InChI=1S/C29H34N2O2SSi/c1-22-14-16-24(17-15-22)34-20-25(23-10-6-5-7-11-23)28(32)29-30-26-12-8-9-13-27(26)31(29)21-33-18-19-35(2,3)4/h5-17,25H,18-21H2,1-4H3. The van der Waals surface area contributed by atoms with Crippen molar-refractivity contribution in [3.63, 3.8) is 0 Å². The van der Waals surface area contributed by atoms with Gasteiger partial charge in [-0.05, 0) is 42.8 Å². The number of aromatic nitrogens is 2. The predicted octanol–water partition coefficient (Wildman–Crippen LogP) is 7.42. The van der Waals surface area contributed by atoms with E-state index < -0.39 is 8.07 Å². The summed E-state index contributed by atoms with van der Waals surface area (Å²) in [5, 5.41) is 0. The second-order valence-electron chi connectivity index (χ2n) is 10.2. The van der Waals surface area contributed by atoms with E-state index >= 15 is 0 Å². The Morgan fingerprint density at radius 1 is 0.971 bits per heavy atom. The van der Waals surface area contributed by atoms with E-state index in [1.54, 1.807) is 11.8 Å². The van der Waals surface area contributed by atoms with Crippen LogP contribution in [0, 0.1) is 6.92 Å². The molecule has 0 aliphatic carbocycles. The highest BCUT2D eigenvalue weighted by atomic mass is 32.2. The first-order chi connectivity index (χ1) is 16.8. The summed E-state index contributed by atoms with van der Waals surface area (Å²) in [7, 11) is -1.20. The van der Waals surface area contributed by atoms with Gasteiger partial charge in [-0.25, -0.2) is 4.98 Å². The Morgan fingerprint density at radius 2 is 1.66 bits per heavy atom. The van der Waals surface area contributed by atoms with Gasteiger partial charge in [0, 0.05) is 25.3 Å². The number of imidazole rings is 1. The summed E-state index contributed by atoms with van der Waals surface area (Å²) < 4.78 is 8.03. The quantitative estimate of drug-likeness (QED) is 0.0926. The van der Waals surface area contributed by atoms with Crippen molar-refractivity contribution in [3.8, 4) is 0 Å². The fraction of sp³-hybridized carbons (Fsp3) is 0.310. The predicted molar refractivity (Wildman–Crippen MR) is 149 cm³/mol. The molecule has 3 aromatic carbocycles. The highest BCUT2D eigenvalue weighted by molar-refractivity contribution is 7.99. The van der Waals surface area contributed by atoms with Gasteiger partial charge >= 0.3 is 0 Å². The molecule has 0 saturated carbocycles. The van der Waals surface area contributed by atoms with Crippen molar-refractivity contribution in [2.75, 3.05) is 12.4 Å². The van der Waals surface area contributed by atoms with Crippen LogP contribution in [0.5, 0.6) is 0 Å². The first-order valence-corrected chi connectivity index (χ1v) is 16.8. The van der Waals surface area contributed by atoms with Gasteiger partial charge in [-0.2, -0.15) is 0 Å². The van der Waals surface area contributed by atoms with Crippen LogP contribution in [0.3, 0.4) is 0 Å². The van der Waals surface area contributed by atoms with Crippen LogP contribution in [0.4, 0.5) is 0 Å². The summed E-state index contributed by atoms with van der Waals surface area (Å²) in [6, 6.07) is 27.5. The Balaban J connectivity index is 1.63. The minimum absolute atomic E-state index is 0.0285. The highest BCUT2D eigenvalue weighted by Gasteiger charge is 2.27. The van der Waals surface area contributed by atoms with Crippen molar-refractivity contribution >= 4 is 36.7 Å². The van der Waals surface area contributed by atoms with E-state index in [9.17, 15) is 4.79 Å². The lowest BCUT2D eigenvalue weighted by atomic mass is 9.96. The maximum Gasteiger partial charge on any atom is 0.206 e. The third-order valence-electron chi connectivity index (χ3n) is 6.05. The number of nitrogens with zero attached hydrogens (tertiary/aromatic N) is 2. The van der Waals surface area contributed by atoms with E-state index in [1.807, 2.05) is 59.2 Å². The summed E-state index contributed by atoms with van der Waals surface area (Å²) >= 11 is 1.71. The van der Waals surface area contributed by atoms with Gasteiger partial charge in [-0.1, -0.05) is 79.8 Å². The average Bonchev–Trinajstić information content (AvgIpc) is 3.22. The summed E-state index contributed by atoms with van der Waals surface area (Å²) in [5.41, 5.74) is 3.99. The number of hydrogen-bond acceptors (Lipinski definition) is 4. The van der Waals surface area contributed by atoms with Gasteiger partial charge in [-0.15, -0.1) is 11.8 Å². The van der Waals surface area contributed by atoms with E-state index in [0.29, 0.717) is 24.9 Å². The number of hydrogen-bond donors (Lipinski definition) is 0. The molecule has 0 bridgehead atoms. The molecule has 0 amide bonds. The van der Waals surface area contributed by atoms with E-state index in [2.05, 4.69) is 50.8 Å². The average molecular weight is 503 g/mol. The van der Waals surface area contributed by atoms with Crippen molar-refractivity contribution in [2.45, 2.75) is 50.2 Å². The number of ether oxygens (including phenoxy) is 1. The first kappa shape index (κ1) is 25.4. The number of fused-ring (bicyclic) bond motifs is 1. The van der Waals surface area contributed by atoms with Crippen LogP contribution < -0.4 is 0 Å².